The van der Waals surface area contributed by atoms with E-state index in [0.717, 1.165) is 12.8 Å². The fourth-order valence-corrected chi connectivity index (χ4v) is 3.63. The second kappa shape index (κ2) is 7.07. The first-order chi connectivity index (χ1) is 10.4. The summed E-state index contributed by atoms with van der Waals surface area (Å²) in [5.74, 6) is -0.608. The minimum Gasteiger partial charge on any atom is -0.384 e. The summed E-state index contributed by atoms with van der Waals surface area (Å²) in [6, 6.07) is 8.07. The first-order valence-corrected chi connectivity index (χ1v) is 9.01. The van der Waals surface area contributed by atoms with Gasteiger partial charge in [-0.1, -0.05) is 30.4 Å². The van der Waals surface area contributed by atoms with Crippen LogP contribution in [0.5, 0.6) is 0 Å². The lowest BCUT2D eigenvalue weighted by atomic mass is 9.91. The largest absolute Gasteiger partial charge is 0.384 e. The van der Waals surface area contributed by atoms with Gasteiger partial charge in [-0.2, -0.15) is 0 Å². The zero-order chi connectivity index (χ0) is 16.1. The van der Waals surface area contributed by atoms with Crippen molar-refractivity contribution in [3.8, 4) is 0 Å². The summed E-state index contributed by atoms with van der Waals surface area (Å²) in [5, 5.41) is 12.8. The van der Waals surface area contributed by atoms with Crippen LogP contribution in [0.4, 0.5) is 0 Å². The molecule has 5 nitrogen and oxygen atoms in total. The second-order valence-corrected chi connectivity index (χ2v) is 7.67. The molecule has 1 unspecified atom stereocenters. The second-order valence-electron chi connectivity index (χ2n) is 5.56. The number of hydrogen-bond acceptors (Lipinski definition) is 4. The van der Waals surface area contributed by atoms with Crippen LogP contribution < -0.4 is 5.32 Å². The number of nitrogens with one attached hydrogen (secondary N) is 1. The molecule has 0 saturated carbocycles. The Morgan fingerprint density at radius 2 is 2.00 bits per heavy atom. The summed E-state index contributed by atoms with van der Waals surface area (Å²) in [7, 11) is -3.45. The maximum atomic E-state index is 12.1. The maximum Gasteiger partial charge on any atom is 0.221 e. The molecule has 1 aliphatic carbocycles. The molecule has 120 valence electrons. The third kappa shape index (κ3) is 4.68. The third-order valence-corrected chi connectivity index (χ3v) is 5.43. The molecule has 1 atom stereocenters. The van der Waals surface area contributed by atoms with Gasteiger partial charge in [-0.05, 0) is 31.4 Å². The van der Waals surface area contributed by atoms with Gasteiger partial charge in [0.25, 0.3) is 0 Å². The maximum absolute atomic E-state index is 12.1. The lowest BCUT2D eigenvalue weighted by Crippen LogP contribution is -2.42. The summed E-state index contributed by atoms with van der Waals surface area (Å²) >= 11 is 0. The lowest BCUT2D eigenvalue weighted by molar-refractivity contribution is -0.121. The van der Waals surface area contributed by atoms with E-state index in [-0.39, 0.29) is 29.5 Å². The van der Waals surface area contributed by atoms with E-state index in [9.17, 15) is 18.3 Å². The van der Waals surface area contributed by atoms with Crippen molar-refractivity contribution in [2.45, 2.75) is 36.2 Å². The van der Waals surface area contributed by atoms with Crippen LogP contribution in [0.25, 0.3) is 0 Å². The Kier molecular flexibility index (Phi) is 5.37. The molecule has 2 N–H and O–H groups in total. The number of hydrogen-bond donors (Lipinski definition) is 2. The van der Waals surface area contributed by atoms with Crippen molar-refractivity contribution in [3.63, 3.8) is 0 Å². The standard InChI is InChI=1S/C16H21NO4S/c18-15(17-13-16(19)10-5-2-6-11-16)9-12-22(20,21)14-7-3-1-4-8-14/h1,3-5,7-8,10,19H,2,6,9,11-13H2,(H,17,18). The average Bonchev–Trinajstić information content (AvgIpc) is 2.53. The molecule has 2 rings (SSSR count). The zero-order valence-corrected chi connectivity index (χ0v) is 13.2. The molecule has 0 aromatic heterocycles. The normalized spacial score (nSPS) is 21.5. The summed E-state index contributed by atoms with van der Waals surface area (Å²) in [6.07, 6.45) is 5.91. The Morgan fingerprint density at radius 1 is 1.27 bits per heavy atom. The summed E-state index contributed by atoms with van der Waals surface area (Å²) in [6.45, 7) is 0.119. The van der Waals surface area contributed by atoms with Crippen molar-refractivity contribution in [2.24, 2.45) is 0 Å². The highest BCUT2D eigenvalue weighted by molar-refractivity contribution is 7.91. The molecule has 0 radical (unpaired) electrons. The zero-order valence-electron chi connectivity index (χ0n) is 12.4. The molecule has 0 heterocycles. The molecule has 0 spiro atoms. The first-order valence-electron chi connectivity index (χ1n) is 7.36. The molecular formula is C16H21NO4S. The van der Waals surface area contributed by atoms with Crippen LogP contribution in [0.15, 0.2) is 47.4 Å². The monoisotopic (exact) mass is 323 g/mol. The fraction of sp³-hybridized carbons (Fsp3) is 0.438. The highest BCUT2D eigenvalue weighted by Gasteiger charge is 2.26. The van der Waals surface area contributed by atoms with Gasteiger partial charge in [0.2, 0.25) is 5.91 Å². The topological polar surface area (TPSA) is 83.5 Å². The van der Waals surface area contributed by atoms with Gasteiger partial charge >= 0.3 is 0 Å². The van der Waals surface area contributed by atoms with Crippen LogP contribution in [0, 0.1) is 0 Å². The van der Waals surface area contributed by atoms with E-state index in [4.69, 9.17) is 0 Å². The van der Waals surface area contributed by atoms with Gasteiger partial charge in [-0.25, -0.2) is 8.42 Å². The van der Waals surface area contributed by atoms with Gasteiger partial charge < -0.3 is 10.4 Å². The summed E-state index contributed by atoms with van der Waals surface area (Å²) < 4.78 is 24.1. The van der Waals surface area contributed by atoms with Gasteiger partial charge in [-0.3, -0.25) is 4.79 Å². The quantitative estimate of drug-likeness (QED) is 0.776. The summed E-state index contributed by atoms with van der Waals surface area (Å²) in [4.78, 5) is 12.0. The Bertz CT molecular complexity index is 639. The van der Waals surface area contributed by atoms with Crippen LogP contribution in [0.3, 0.4) is 0 Å². The number of allylic oxidation sites excluding steroid dienone is 1. The van der Waals surface area contributed by atoms with Gasteiger partial charge in [0, 0.05) is 13.0 Å². The van der Waals surface area contributed by atoms with E-state index < -0.39 is 15.4 Å². The number of amides is 1. The van der Waals surface area contributed by atoms with Crippen molar-refractivity contribution in [1.29, 1.82) is 0 Å². The lowest BCUT2D eigenvalue weighted by Gasteiger charge is -2.27. The van der Waals surface area contributed by atoms with E-state index in [0.29, 0.717) is 6.42 Å². The van der Waals surface area contributed by atoms with E-state index in [2.05, 4.69) is 5.32 Å². The van der Waals surface area contributed by atoms with Crippen LogP contribution in [0.1, 0.15) is 25.7 Å². The van der Waals surface area contributed by atoms with E-state index >= 15 is 0 Å². The molecule has 1 aromatic rings. The van der Waals surface area contributed by atoms with Crippen LogP contribution in [-0.2, 0) is 14.6 Å². The summed E-state index contributed by atoms with van der Waals surface area (Å²) in [5.41, 5.74) is -1.01. The predicted octanol–water partition coefficient (Wildman–Crippen LogP) is 1.44. The molecule has 1 aromatic carbocycles. The average molecular weight is 323 g/mol. The minimum atomic E-state index is -3.45. The van der Waals surface area contributed by atoms with Crippen LogP contribution in [-0.4, -0.2) is 37.3 Å². The van der Waals surface area contributed by atoms with E-state index in [1.165, 1.54) is 12.1 Å². The van der Waals surface area contributed by atoms with Crippen LogP contribution in [0.2, 0.25) is 0 Å². The smallest absolute Gasteiger partial charge is 0.221 e. The van der Waals surface area contributed by atoms with Gasteiger partial charge in [0.1, 0.15) is 0 Å². The Labute approximate surface area is 131 Å². The van der Waals surface area contributed by atoms with Crippen molar-refractivity contribution in [1.82, 2.24) is 5.32 Å². The highest BCUT2D eigenvalue weighted by atomic mass is 32.2. The minimum absolute atomic E-state index is 0.114. The molecule has 0 saturated heterocycles. The highest BCUT2D eigenvalue weighted by Crippen LogP contribution is 2.21. The molecule has 0 fully saturated rings. The number of aliphatic hydroxyl groups is 1. The first kappa shape index (κ1) is 16.7. The predicted molar refractivity (Wildman–Crippen MR) is 84.1 cm³/mol. The molecular weight excluding hydrogens is 302 g/mol. The number of rotatable bonds is 6. The van der Waals surface area contributed by atoms with Crippen LogP contribution >= 0.6 is 0 Å². The third-order valence-electron chi connectivity index (χ3n) is 3.70. The van der Waals surface area contributed by atoms with Crippen molar-refractivity contribution >= 4 is 15.7 Å². The Morgan fingerprint density at radius 3 is 2.64 bits per heavy atom. The van der Waals surface area contributed by atoms with E-state index in [1.54, 1.807) is 24.3 Å². The van der Waals surface area contributed by atoms with Crippen molar-refractivity contribution in [3.05, 3.63) is 42.5 Å². The molecule has 0 bridgehead atoms. The van der Waals surface area contributed by atoms with Crippen molar-refractivity contribution < 1.29 is 18.3 Å². The molecule has 22 heavy (non-hydrogen) atoms. The fourth-order valence-electron chi connectivity index (χ4n) is 2.37. The van der Waals surface area contributed by atoms with Gasteiger partial charge in [0.05, 0.1) is 16.2 Å². The van der Waals surface area contributed by atoms with Crippen molar-refractivity contribution in [2.75, 3.05) is 12.3 Å². The van der Waals surface area contributed by atoms with Gasteiger partial charge in [-0.15, -0.1) is 0 Å². The number of benzene rings is 1. The van der Waals surface area contributed by atoms with E-state index in [1.807, 2.05) is 6.08 Å². The molecule has 0 aliphatic heterocycles. The molecule has 1 aliphatic rings. The molecule has 1 amide bonds. The Hall–Kier alpha value is -1.66. The van der Waals surface area contributed by atoms with Gasteiger partial charge in [0.15, 0.2) is 9.84 Å². The number of carbonyl (C=O) groups is 1. The SMILES string of the molecule is O=C(CCS(=O)(=O)c1ccccc1)NCC1(O)C=CCCC1. The molecule has 6 heteroatoms. The number of sulfone groups is 1. The number of carbonyl (C=O) groups excluding carboxylic acids is 1. The Balaban J connectivity index is 1.83.